The highest BCUT2D eigenvalue weighted by molar-refractivity contribution is 7.92. The van der Waals surface area contributed by atoms with Crippen molar-refractivity contribution in [2.24, 2.45) is 0 Å². The number of carbonyl (C=O) groups excluding carboxylic acids is 1. The third kappa shape index (κ3) is 4.75. The van der Waals surface area contributed by atoms with E-state index in [-0.39, 0.29) is 12.5 Å². The second kappa shape index (κ2) is 6.38. The predicted octanol–water partition coefficient (Wildman–Crippen LogP) is 1.06. The van der Waals surface area contributed by atoms with E-state index in [9.17, 15) is 13.2 Å². The molecule has 1 rings (SSSR count). The molecule has 0 heterocycles. The lowest BCUT2D eigenvalue weighted by atomic mass is 10.2. The zero-order valence-electron chi connectivity index (χ0n) is 11.1. The van der Waals surface area contributed by atoms with Crippen LogP contribution in [0, 0.1) is 6.92 Å². The molecule has 19 heavy (non-hydrogen) atoms. The van der Waals surface area contributed by atoms with Gasteiger partial charge in [-0.25, -0.2) is 8.42 Å². The topological polar surface area (TPSA) is 66.5 Å². The molecule has 0 aromatic heterocycles. The van der Waals surface area contributed by atoms with E-state index in [1.807, 2.05) is 6.92 Å². The summed E-state index contributed by atoms with van der Waals surface area (Å²) in [6, 6.07) is 6.96. The van der Waals surface area contributed by atoms with Crippen LogP contribution in [0.15, 0.2) is 36.9 Å². The Labute approximate surface area is 114 Å². The highest BCUT2D eigenvalue weighted by Crippen LogP contribution is 2.17. The van der Waals surface area contributed by atoms with Gasteiger partial charge in [0.15, 0.2) is 0 Å². The predicted molar refractivity (Wildman–Crippen MR) is 76.6 cm³/mol. The number of carbonyl (C=O) groups is 1. The van der Waals surface area contributed by atoms with E-state index in [2.05, 4.69) is 11.9 Å². The monoisotopic (exact) mass is 282 g/mol. The molecular formula is C13H18N2O3S. The van der Waals surface area contributed by atoms with Crippen molar-refractivity contribution in [1.82, 2.24) is 5.32 Å². The van der Waals surface area contributed by atoms with Crippen LogP contribution in [0.2, 0.25) is 0 Å². The summed E-state index contributed by atoms with van der Waals surface area (Å²) in [5.74, 6) is -0.370. The van der Waals surface area contributed by atoms with Gasteiger partial charge in [-0.3, -0.25) is 9.10 Å². The lowest BCUT2D eigenvalue weighted by Crippen LogP contribution is -2.40. The minimum atomic E-state index is -3.50. The van der Waals surface area contributed by atoms with Gasteiger partial charge >= 0.3 is 0 Å². The Hall–Kier alpha value is -1.82. The summed E-state index contributed by atoms with van der Waals surface area (Å²) in [5, 5.41) is 2.55. The minimum absolute atomic E-state index is 0.240. The summed E-state index contributed by atoms with van der Waals surface area (Å²) in [5.41, 5.74) is 1.50. The van der Waals surface area contributed by atoms with Gasteiger partial charge in [-0.05, 0) is 19.1 Å². The molecule has 0 aliphatic heterocycles. The van der Waals surface area contributed by atoms with Crippen LogP contribution in [0.4, 0.5) is 5.69 Å². The second-order valence-electron chi connectivity index (χ2n) is 4.20. The third-order valence-electron chi connectivity index (χ3n) is 2.45. The van der Waals surface area contributed by atoms with Gasteiger partial charge in [0.1, 0.15) is 6.54 Å². The van der Waals surface area contributed by atoms with E-state index in [0.29, 0.717) is 12.2 Å². The van der Waals surface area contributed by atoms with Crippen molar-refractivity contribution in [2.45, 2.75) is 6.92 Å². The molecule has 0 aliphatic carbocycles. The van der Waals surface area contributed by atoms with Crippen LogP contribution in [-0.4, -0.2) is 33.7 Å². The molecule has 0 fully saturated rings. The van der Waals surface area contributed by atoms with Crippen molar-refractivity contribution >= 4 is 21.6 Å². The number of amides is 1. The SMILES string of the molecule is C=CCNC(=O)CN(c1ccc(C)cc1)S(C)(=O)=O. The Morgan fingerprint density at radius 1 is 1.37 bits per heavy atom. The molecular weight excluding hydrogens is 264 g/mol. The molecule has 1 amide bonds. The Kier molecular flexibility index (Phi) is 5.11. The number of nitrogens with zero attached hydrogens (tertiary/aromatic N) is 1. The van der Waals surface area contributed by atoms with Crippen molar-refractivity contribution in [3.05, 3.63) is 42.5 Å². The summed E-state index contributed by atoms with van der Waals surface area (Å²) in [6.07, 6.45) is 2.61. The summed E-state index contributed by atoms with van der Waals surface area (Å²) < 4.78 is 24.6. The first-order valence-electron chi connectivity index (χ1n) is 5.76. The van der Waals surface area contributed by atoms with Crippen molar-refractivity contribution in [3.63, 3.8) is 0 Å². The number of hydrogen-bond acceptors (Lipinski definition) is 3. The van der Waals surface area contributed by atoms with Gasteiger partial charge in [0.25, 0.3) is 0 Å². The van der Waals surface area contributed by atoms with E-state index in [4.69, 9.17) is 0 Å². The average Bonchev–Trinajstić information content (AvgIpc) is 2.33. The number of benzene rings is 1. The smallest absolute Gasteiger partial charge is 0.241 e. The molecule has 0 bridgehead atoms. The molecule has 0 saturated carbocycles. The lowest BCUT2D eigenvalue weighted by Gasteiger charge is -2.21. The van der Waals surface area contributed by atoms with Crippen LogP contribution in [0.5, 0.6) is 0 Å². The zero-order valence-corrected chi connectivity index (χ0v) is 11.9. The Morgan fingerprint density at radius 3 is 2.42 bits per heavy atom. The number of sulfonamides is 1. The molecule has 0 radical (unpaired) electrons. The van der Waals surface area contributed by atoms with Crippen LogP contribution in [-0.2, 0) is 14.8 Å². The van der Waals surface area contributed by atoms with Crippen molar-refractivity contribution in [1.29, 1.82) is 0 Å². The standard InChI is InChI=1S/C13H18N2O3S/c1-4-9-14-13(16)10-15(19(3,17)18)12-7-5-11(2)6-8-12/h4-8H,1,9-10H2,2-3H3,(H,14,16). The fraction of sp³-hybridized carbons (Fsp3) is 0.308. The maximum absolute atomic E-state index is 11.8. The van der Waals surface area contributed by atoms with Gasteiger partial charge in [0.05, 0.1) is 11.9 Å². The van der Waals surface area contributed by atoms with Gasteiger partial charge in [-0.15, -0.1) is 6.58 Å². The van der Waals surface area contributed by atoms with E-state index in [1.165, 1.54) is 6.08 Å². The molecule has 104 valence electrons. The van der Waals surface area contributed by atoms with Gasteiger partial charge in [-0.1, -0.05) is 23.8 Å². The summed E-state index contributed by atoms with van der Waals surface area (Å²) in [7, 11) is -3.50. The maximum atomic E-state index is 11.8. The van der Waals surface area contributed by atoms with E-state index in [0.717, 1.165) is 16.1 Å². The highest BCUT2D eigenvalue weighted by atomic mass is 32.2. The maximum Gasteiger partial charge on any atom is 0.241 e. The highest BCUT2D eigenvalue weighted by Gasteiger charge is 2.20. The molecule has 1 N–H and O–H groups in total. The number of hydrogen-bond donors (Lipinski definition) is 1. The first-order valence-corrected chi connectivity index (χ1v) is 7.61. The molecule has 0 aliphatic rings. The minimum Gasteiger partial charge on any atom is -0.351 e. The Balaban J connectivity index is 2.94. The normalized spacial score (nSPS) is 10.8. The molecule has 1 aromatic carbocycles. The Bertz CT molecular complexity index is 550. The summed E-state index contributed by atoms with van der Waals surface area (Å²) in [4.78, 5) is 11.6. The molecule has 0 unspecified atom stereocenters. The van der Waals surface area contributed by atoms with Crippen LogP contribution < -0.4 is 9.62 Å². The average molecular weight is 282 g/mol. The van der Waals surface area contributed by atoms with Gasteiger partial charge in [0.2, 0.25) is 15.9 Å². The number of aryl methyl sites for hydroxylation is 1. The van der Waals surface area contributed by atoms with E-state index < -0.39 is 10.0 Å². The summed E-state index contributed by atoms with van der Waals surface area (Å²) >= 11 is 0. The number of anilines is 1. The van der Waals surface area contributed by atoms with Crippen LogP contribution in [0.1, 0.15) is 5.56 Å². The van der Waals surface area contributed by atoms with Gasteiger partial charge in [0, 0.05) is 6.54 Å². The fourth-order valence-corrected chi connectivity index (χ4v) is 2.34. The number of nitrogens with one attached hydrogen (secondary N) is 1. The van der Waals surface area contributed by atoms with E-state index in [1.54, 1.807) is 24.3 Å². The molecule has 0 saturated heterocycles. The van der Waals surface area contributed by atoms with Crippen molar-refractivity contribution in [3.8, 4) is 0 Å². The lowest BCUT2D eigenvalue weighted by molar-refractivity contribution is -0.119. The van der Waals surface area contributed by atoms with Gasteiger partial charge in [-0.2, -0.15) is 0 Å². The number of rotatable bonds is 6. The first-order chi connectivity index (χ1) is 8.84. The molecule has 1 aromatic rings. The molecule has 5 nitrogen and oxygen atoms in total. The summed E-state index contributed by atoms with van der Waals surface area (Å²) in [6.45, 7) is 5.46. The van der Waals surface area contributed by atoms with E-state index >= 15 is 0 Å². The van der Waals surface area contributed by atoms with Crippen LogP contribution in [0.25, 0.3) is 0 Å². The molecule has 0 spiro atoms. The van der Waals surface area contributed by atoms with Crippen LogP contribution in [0.3, 0.4) is 0 Å². The fourth-order valence-electron chi connectivity index (χ4n) is 1.48. The van der Waals surface area contributed by atoms with Gasteiger partial charge < -0.3 is 5.32 Å². The van der Waals surface area contributed by atoms with Crippen LogP contribution >= 0.6 is 0 Å². The molecule has 0 atom stereocenters. The van der Waals surface area contributed by atoms with Crippen molar-refractivity contribution < 1.29 is 13.2 Å². The quantitative estimate of drug-likeness (QED) is 0.793. The second-order valence-corrected chi connectivity index (χ2v) is 6.10. The third-order valence-corrected chi connectivity index (χ3v) is 3.59. The first kappa shape index (κ1) is 15.2. The zero-order chi connectivity index (χ0) is 14.5. The Morgan fingerprint density at radius 2 is 1.95 bits per heavy atom. The van der Waals surface area contributed by atoms with Crippen molar-refractivity contribution in [2.75, 3.05) is 23.7 Å². The molecule has 6 heteroatoms. The largest absolute Gasteiger partial charge is 0.351 e.